The van der Waals surface area contributed by atoms with Crippen molar-refractivity contribution in [1.82, 2.24) is 5.32 Å². The molecule has 0 radical (unpaired) electrons. The smallest absolute Gasteiger partial charge is 0.0587 e. The van der Waals surface area contributed by atoms with Crippen molar-refractivity contribution in [2.75, 3.05) is 26.8 Å². The number of hydrogen-bond acceptors (Lipinski definition) is 2. The number of rotatable bonds is 10. The second-order valence-electron chi connectivity index (χ2n) is 4.85. The quantitative estimate of drug-likeness (QED) is 0.643. The Morgan fingerprint density at radius 1 is 1.22 bits per heavy atom. The van der Waals surface area contributed by atoms with Crippen LogP contribution in [0.2, 0.25) is 0 Å². The van der Waals surface area contributed by atoms with Crippen molar-refractivity contribution in [1.29, 1.82) is 0 Å². The number of nitrogens with one attached hydrogen (secondary N) is 1. The normalized spacial score (nSPS) is 12.6. The van der Waals surface area contributed by atoms with Crippen molar-refractivity contribution in [3.05, 3.63) is 35.9 Å². The molecule has 1 aromatic carbocycles. The first-order valence-corrected chi connectivity index (χ1v) is 7.10. The Balaban J connectivity index is 2.11. The Morgan fingerprint density at radius 2 is 2.00 bits per heavy atom. The van der Waals surface area contributed by atoms with Gasteiger partial charge in [0.1, 0.15) is 0 Å². The average molecular weight is 249 g/mol. The van der Waals surface area contributed by atoms with E-state index in [1.807, 2.05) is 0 Å². The van der Waals surface area contributed by atoms with Crippen molar-refractivity contribution in [3.8, 4) is 0 Å². The highest BCUT2D eigenvalue weighted by molar-refractivity contribution is 5.14. The predicted molar refractivity (Wildman–Crippen MR) is 77.9 cm³/mol. The molecule has 0 aliphatic carbocycles. The summed E-state index contributed by atoms with van der Waals surface area (Å²) < 4.78 is 5.03. The summed E-state index contributed by atoms with van der Waals surface area (Å²) in [5.74, 6) is 0.797. The minimum atomic E-state index is 0.797. The Bertz CT molecular complexity index is 286. The first-order valence-electron chi connectivity index (χ1n) is 7.10. The summed E-state index contributed by atoms with van der Waals surface area (Å²) >= 11 is 0. The van der Waals surface area contributed by atoms with Crippen LogP contribution >= 0.6 is 0 Å². The van der Waals surface area contributed by atoms with Crippen LogP contribution in [0.4, 0.5) is 0 Å². The van der Waals surface area contributed by atoms with E-state index in [2.05, 4.69) is 42.6 Å². The maximum absolute atomic E-state index is 5.03. The van der Waals surface area contributed by atoms with E-state index in [0.29, 0.717) is 0 Å². The molecule has 0 aliphatic heterocycles. The molecule has 0 amide bonds. The molecule has 0 bridgehead atoms. The number of methoxy groups -OCH3 is 1. The minimum Gasteiger partial charge on any atom is -0.383 e. The van der Waals surface area contributed by atoms with Crippen LogP contribution in [-0.2, 0) is 11.2 Å². The predicted octanol–water partition coefficient (Wildman–Crippen LogP) is 3.27. The molecule has 1 atom stereocenters. The molecule has 2 nitrogen and oxygen atoms in total. The van der Waals surface area contributed by atoms with Crippen molar-refractivity contribution < 1.29 is 4.74 Å². The molecule has 1 aromatic rings. The van der Waals surface area contributed by atoms with Gasteiger partial charge in [-0.15, -0.1) is 0 Å². The maximum atomic E-state index is 5.03. The Kier molecular flexibility index (Phi) is 8.53. The zero-order valence-electron chi connectivity index (χ0n) is 11.8. The summed E-state index contributed by atoms with van der Waals surface area (Å²) in [5.41, 5.74) is 1.46. The van der Waals surface area contributed by atoms with Crippen LogP contribution in [-0.4, -0.2) is 26.8 Å². The third kappa shape index (κ3) is 6.77. The fourth-order valence-corrected chi connectivity index (χ4v) is 2.17. The molecule has 0 aliphatic rings. The zero-order chi connectivity index (χ0) is 13.1. The van der Waals surface area contributed by atoms with Crippen molar-refractivity contribution in [3.63, 3.8) is 0 Å². The van der Waals surface area contributed by atoms with Gasteiger partial charge in [-0.25, -0.2) is 0 Å². The second-order valence-corrected chi connectivity index (χ2v) is 4.85. The third-order valence-electron chi connectivity index (χ3n) is 3.41. The van der Waals surface area contributed by atoms with Gasteiger partial charge >= 0.3 is 0 Å². The molecule has 0 spiro atoms. The number of hydrogen-bond donors (Lipinski definition) is 1. The highest BCUT2D eigenvalue weighted by atomic mass is 16.5. The van der Waals surface area contributed by atoms with Crippen LogP contribution in [0.5, 0.6) is 0 Å². The highest BCUT2D eigenvalue weighted by Gasteiger charge is 2.05. The fraction of sp³-hybridized carbons (Fsp3) is 0.625. The molecule has 0 heterocycles. The monoisotopic (exact) mass is 249 g/mol. The lowest BCUT2D eigenvalue weighted by molar-refractivity contribution is 0.197. The van der Waals surface area contributed by atoms with E-state index in [4.69, 9.17) is 4.74 Å². The molecule has 1 unspecified atom stereocenters. The molecule has 0 aromatic heterocycles. The van der Waals surface area contributed by atoms with Gasteiger partial charge in [-0.1, -0.05) is 43.7 Å². The molecule has 1 N–H and O–H groups in total. The topological polar surface area (TPSA) is 21.3 Å². The van der Waals surface area contributed by atoms with Crippen molar-refractivity contribution in [2.24, 2.45) is 5.92 Å². The van der Waals surface area contributed by atoms with Gasteiger partial charge in [0.25, 0.3) is 0 Å². The number of benzene rings is 1. The van der Waals surface area contributed by atoms with Crippen LogP contribution in [0, 0.1) is 5.92 Å². The lowest BCUT2D eigenvalue weighted by Gasteiger charge is -2.15. The fourth-order valence-electron chi connectivity index (χ4n) is 2.17. The van der Waals surface area contributed by atoms with E-state index in [1.165, 1.54) is 31.2 Å². The molecule has 0 saturated heterocycles. The van der Waals surface area contributed by atoms with Crippen LogP contribution in [0.3, 0.4) is 0 Å². The largest absolute Gasteiger partial charge is 0.383 e. The van der Waals surface area contributed by atoms with Gasteiger partial charge in [0.2, 0.25) is 0 Å². The van der Waals surface area contributed by atoms with Crippen molar-refractivity contribution in [2.45, 2.75) is 32.6 Å². The summed E-state index contributed by atoms with van der Waals surface area (Å²) in [4.78, 5) is 0. The van der Waals surface area contributed by atoms with E-state index in [9.17, 15) is 0 Å². The van der Waals surface area contributed by atoms with E-state index in [1.54, 1.807) is 7.11 Å². The lowest BCUT2D eigenvalue weighted by atomic mass is 9.97. The van der Waals surface area contributed by atoms with Gasteiger partial charge < -0.3 is 10.1 Å². The van der Waals surface area contributed by atoms with Crippen molar-refractivity contribution >= 4 is 0 Å². The van der Waals surface area contributed by atoms with E-state index in [-0.39, 0.29) is 0 Å². The summed E-state index contributed by atoms with van der Waals surface area (Å²) in [6.45, 7) is 5.17. The number of ether oxygens (including phenoxy) is 1. The third-order valence-corrected chi connectivity index (χ3v) is 3.41. The minimum absolute atomic E-state index is 0.797. The Hall–Kier alpha value is -0.860. The number of aryl methyl sites for hydroxylation is 1. The summed E-state index contributed by atoms with van der Waals surface area (Å²) in [6, 6.07) is 10.8. The average Bonchev–Trinajstić information content (AvgIpc) is 2.42. The van der Waals surface area contributed by atoms with E-state index >= 15 is 0 Å². The molecule has 2 heteroatoms. The van der Waals surface area contributed by atoms with Gasteiger partial charge in [0, 0.05) is 13.7 Å². The summed E-state index contributed by atoms with van der Waals surface area (Å²) in [6.07, 6.45) is 5.06. The molecule has 102 valence electrons. The second kappa shape index (κ2) is 10.1. The summed E-state index contributed by atoms with van der Waals surface area (Å²) in [7, 11) is 1.75. The van der Waals surface area contributed by atoms with Crippen LogP contribution < -0.4 is 5.32 Å². The molecule has 0 fully saturated rings. The van der Waals surface area contributed by atoms with Gasteiger partial charge in [-0.2, -0.15) is 0 Å². The van der Waals surface area contributed by atoms with E-state index < -0.39 is 0 Å². The van der Waals surface area contributed by atoms with E-state index in [0.717, 1.165) is 25.6 Å². The first-order chi connectivity index (χ1) is 8.86. The molecular weight excluding hydrogens is 222 g/mol. The zero-order valence-corrected chi connectivity index (χ0v) is 11.8. The van der Waals surface area contributed by atoms with Gasteiger partial charge in [0.15, 0.2) is 0 Å². The highest BCUT2D eigenvalue weighted by Crippen LogP contribution is 2.13. The molecular formula is C16H27NO. The van der Waals surface area contributed by atoms with Gasteiger partial charge in [-0.3, -0.25) is 0 Å². The Morgan fingerprint density at radius 3 is 2.67 bits per heavy atom. The standard InChI is InChI=1S/C16H27NO/c1-3-15(14-17-12-13-18-2)10-7-11-16-8-5-4-6-9-16/h4-6,8-9,15,17H,3,7,10-14H2,1-2H3. The van der Waals surface area contributed by atoms with Gasteiger partial charge in [-0.05, 0) is 37.3 Å². The maximum Gasteiger partial charge on any atom is 0.0587 e. The lowest BCUT2D eigenvalue weighted by Crippen LogP contribution is -2.26. The molecule has 1 rings (SSSR count). The molecule has 0 saturated carbocycles. The summed E-state index contributed by atoms with van der Waals surface area (Å²) in [5, 5.41) is 3.46. The van der Waals surface area contributed by atoms with Crippen LogP contribution in [0.15, 0.2) is 30.3 Å². The molecule has 18 heavy (non-hydrogen) atoms. The SMILES string of the molecule is CCC(CCCc1ccccc1)CNCCOC. The van der Waals surface area contributed by atoms with Crippen LogP contribution in [0.1, 0.15) is 31.7 Å². The Labute approximate surface area is 112 Å². The van der Waals surface area contributed by atoms with Gasteiger partial charge in [0.05, 0.1) is 6.61 Å². The van der Waals surface area contributed by atoms with Crippen LogP contribution in [0.25, 0.3) is 0 Å². The first kappa shape index (κ1) is 15.2.